The molecule has 0 aliphatic carbocycles. The number of carbonyl (C=O) groups is 3. The average molecular weight is 486 g/mol. The van der Waals surface area contributed by atoms with Gasteiger partial charge in [0.25, 0.3) is 15.9 Å². The van der Waals surface area contributed by atoms with Crippen LogP contribution in [0.5, 0.6) is 0 Å². The molecule has 1 fully saturated rings. The van der Waals surface area contributed by atoms with Crippen molar-refractivity contribution in [2.24, 2.45) is 5.92 Å². The van der Waals surface area contributed by atoms with Crippen LogP contribution in [0.2, 0.25) is 0 Å². The summed E-state index contributed by atoms with van der Waals surface area (Å²) in [4.78, 5) is 37.7. The highest BCUT2D eigenvalue weighted by atomic mass is 32.2. The number of nitrogens with one attached hydrogen (secondary N) is 2. The summed E-state index contributed by atoms with van der Waals surface area (Å²) in [5, 5.41) is 6.89. The molecule has 0 aromatic carbocycles. The molecule has 1 atom stereocenters. The van der Waals surface area contributed by atoms with Gasteiger partial charge in [0.1, 0.15) is 9.21 Å². The van der Waals surface area contributed by atoms with Crippen molar-refractivity contribution < 1.29 is 27.5 Å². The van der Waals surface area contributed by atoms with Gasteiger partial charge in [-0.25, -0.2) is 13.2 Å². The van der Waals surface area contributed by atoms with Crippen LogP contribution in [0.15, 0.2) is 21.7 Å². The first kappa shape index (κ1) is 23.4. The van der Waals surface area contributed by atoms with Gasteiger partial charge in [0.15, 0.2) is 0 Å². The standard InChI is InChI=1S/C19H23N3O6S3/c1-11-12(2)30-18(15(11)17(24)21-19(25)28-3)20-16(23)13-6-4-8-22(10-13)31(26,27)14-7-5-9-29-14/h5,7,9,13H,4,6,8,10H2,1-3H3,(H,20,23)(H,21,24,25). The molecule has 12 heteroatoms. The maximum atomic E-state index is 13.0. The lowest BCUT2D eigenvalue weighted by Crippen LogP contribution is -2.43. The fraction of sp³-hybridized carbons (Fsp3) is 0.421. The van der Waals surface area contributed by atoms with Gasteiger partial charge >= 0.3 is 6.09 Å². The van der Waals surface area contributed by atoms with E-state index in [9.17, 15) is 22.8 Å². The van der Waals surface area contributed by atoms with E-state index in [0.29, 0.717) is 30.0 Å². The quantitative estimate of drug-likeness (QED) is 0.671. The molecule has 1 aliphatic heterocycles. The van der Waals surface area contributed by atoms with E-state index in [1.807, 2.05) is 0 Å². The number of hydrogen-bond acceptors (Lipinski definition) is 8. The van der Waals surface area contributed by atoms with Crippen LogP contribution < -0.4 is 10.6 Å². The number of piperidine rings is 1. The number of hydrogen-bond donors (Lipinski definition) is 2. The highest BCUT2D eigenvalue weighted by molar-refractivity contribution is 7.91. The molecular formula is C19H23N3O6S3. The second-order valence-corrected chi connectivity index (χ2v) is 11.4. The topological polar surface area (TPSA) is 122 Å². The van der Waals surface area contributed by atoms with Gasteiger partial charge in [-0.1, -0.05) is 6.07 Å². The number of carbonyl (C=O) groups excluding carboxylic acids is 3. The molecule has 0 spiro atoms. The number of thiophene rings is 2. The largest absolute Gasteiger partial charge is 0.453 e. The smallest absolute Gasteiger partial charge is 0.413 e. The van der Waals surface area contributed by atoms with E-state index >= 15 is 0 Å². The Morgan fingerprint density at radius 3 is 2.65 bits per heavy atom. The van der Waals surface area contributed by atoms with Crippen molar-refractivity contribution in [3.63, 3.8) is 0 Å². The van der Waals surface area contributed by atoms with Gasteiger partial charge in [0.2, 0.25) is 5.91 Å². The summed E-state index contributed by atoms with van der Waals surface area (Å²) in [6, 6.07) is 3.22. The minimum absolute atomic E-state index is 0.0685. The van der Waals surface area contributed by atoms with Gasteiger partial charge in [-0.05, 0) is 43.7 Å². The van der Waals surface area contributed by atoms with E-state index in [4.69, 9.17) is 0 Å². The molecule has 3 amide bonds. The zero-order chi connectivity index (χ0) is 22.8. The molecule has 0 radical (unpaired) electrons. The van der Waals surface area contributed by atoms with Crippen molar-refractivity contribution in [3.05, 3.63) is 33.5 Å². The number of alkyl carbamates (subject to hydrolysis) is 1. The summed E-state index contributed by atoms with van der Waals surface area (Å²) in [5.74, 6) is -1.59. The first-order valence-corrected chi connectivity index (χ1v) is 12.6. The van der Waals surface area contributed by atoms with Crippen LogP contribution in [0.25, 0.3) is 0 Å². The van der Waals surface area contributed by atoms with Crippen LogP contribution >= 0.6 is 22.7 Å². The van der Waals surface area contributed by atoms with Gasteiger partial charge in [-0.3, -0.25) is 14.9 Å². The molecule has 3 rings (SSSR count). The van der Waals surface area contributed by atoms with Gasteiger partial charge in [0.05, 0.1) is 18.6 Å². The Bertz CT molecular complexity index is 1090. The first-order chi connectivity index (χ1) is 14.6. The molecule has 9 nitrogen and oxygen atoms in total. The van der Waals surface area contributed by atoms with Crippen molar-refractivity contribution in [1.29, 1.82) is 0 Å². The summed E-state index contributed by atoms with van der Waals surface area (Å²) in [5.41, 5.74) is 0.840. The SMILES string of the molecule is COC(=O)NC(=O)c1c(NC(=O)C2CCCN(S(=O)(=O)c3cccs3)C2)sc(C)c1C. The lowest BCUT2D eigenvalue weighted by molar-refractivity contribution is -0.120. The second-order valence-electron chi connectivity index (χ2n) is 7.06. The maximum absolute atomic E-state index is 13.0. The number of rotatable bonds is 5. The Labute approximate surface area is 188 Å². The van der Waals surface area contributed by atoms with Crippen molar-refractivity contribution in [2.75, 3.05) is 25.5 Å². The minimum atomic E-state index is -3.64. The van der Waals surface area contributed by atoms with Crippen LogP contribution in [-0.2, 0) is 19.6 Å². The van der Waals surface area contributed by atoms with E-state index in [0.717, 1.165) is 23.3 Å². The summed E-state index contributed by atoms with van der Waals surface area (Å²) < 4.78 is 31.7. The fourth-order valence-corrected chi connectivity index (χ4v) is 7.05. The highest BCUT2D eigenvalue weighted by Gasteiger charge is 2.34. The van der Waals surface area contributed by atoms with Crippen molar-refractivity contribution in [3.8, 4) is 0 Å². The third kappa shape index (κ3) is 4.97. The van der Waals surface area contributed by atoms with Crippen LogP contribution in [0.3, 0.4) is 0 Å². The molecule has 1 unspecified atom stereocenters. The predicted octanol–water partition coefficient (Wildman–Crippen LogP) is 2.96. The third-order valence-electron chi connectivity index (χ3n) is 5.09. The molecule has 168 valence electrons. The number of aryl methyl sites for hydroxylation is 1. The molecule has 31 heavy (non-hydrogen) atoms. The monoisotopic (exact) mass is 485 g/mol. The zero-order valence-electron chi connectivity index (χ0n) is 17.3. The zero-order valence-corrected chi connectivity index (χ0v) is 19.7. The van der Waals surface area contributed by atoms with E-state index in [-0.39, 0.29) is 22.2 Å². The number of methoxy groups -OCH3 is 1. The Balaban J connectivity index is 1.77. The van der Waals surface area contributed by atoms with Gasteiger partial charge in [-0.15, -0.1) is 22.7 Å². The third-order valence-corrected chi connectivity index (χ3v) is 9.46. The molecule has 0 bridgehead atoms. The highest BCUT2D eigenvalue weighted by Crippen LogP contribution is 2.34. The molecular weight excluding hydrogens is 462 g/mol. The Kier molecular flexibility index (Phi) is 7.14. The molecule has 2 aromatic rings. The number of nitrogens with zero attached hydrogens (tertiary/aromatic N) is 1. The normalized spacial score (nSPS) is 17.2. The minimum Gasteiger partial charge on any atom is -0.453 e. The van der Waals surface area contributed by atoms with Gasteiger partial charge in [-0.2, -0.15) is 4.31 Å². The number of sulfonamides is 1. The fourth-order valence-electron chi connectivity index (χ4n) is 3.32. The predicted molar refractivity (Wildman–Crippen MR) is 118 cm³/mol. The summed E-state index contributed by atoms with van der Waals surface area (Å²) in [6.45, 7) is 3.96. The number of anilines is 1. The van der Waals surface area contributed by atoms with Crippen LogP contribution in [0.1, 0.15) is 33.6 Å². The molecule has 2 aromatic heterocycles. The van der Waals surface area contributed by atoms with E-state index < -0.39 is 27.9 Å². The first-order valence-electron chi connectivity index (χ1n) is 9.49. The number of ether oxygens (including phenoxy) is 1. The van der Waals surface area contributed by atoms with Crippen LogP contribution in [0, 0.1) is 19.8 Å². The Hall–Kier alpha value is -2.28. The van der Waals surface area contributed by atoms with E-state index in [1.54, 1.807) is 31.4 Å². The number of amides is 3. The molecule has 1 aliphatic rings. The maximum Gasteiger partial charge on any atom is 0.413 e. The van der Waals surface area contributed by atoms with Crippen molar-refractivity contribution in [1.82, 2.24) is 9.62 Å². The van der Waals surface area contributed by atoms with Crippen LogP contribution in [-0.4, -0.2) is 50.8 Å². The summed E-state index contributed by atoms with van der Waals surface area (Å²) >= 11 is 2.37. The average Bonchev–Trinajstić information content (AvgIpc) is 3.37. The van der Waals surface area contributed by atoms with E-state index in [2.05, 4.69) is 15.4 Å². The Morgan fingerprint density at radius 1 is 1.26 bits per heavy atom. The summed E-state index contributed by atoms with van der Waals surface area (Å²) in [7, 11) is -2.49. The summed E-state index contributed by atoms with van der Waals surface area (Å²) in [6.07, 6.45) is 0.197. The van der Waals surface area contributed by atoms with E-state index in [1.165, 1.54) is 15.6 Å². The van der Waals surface area contributed by atoms with Gasteiger partial charge in [0, 0.05) is 18.0 Å². The van der Waals surface area contributed by atoms with Crippen molar-refractivity contribution in [2.45, 2.75) is 30.9 Å². The lowest BCUT2D eigenvalue weighted by atomic mass is 9.99. The molecule has 2 N–H and O–H groups in total. The van der Waals surface area contributed by atoms with Crippen molar-refractivity contribution >= 4 is 55.6 Å². The van der Waals surface area contributed by atoms with Gasteiger partial charge < -0.3 is 10.1 Å². The number of imide groups is 1. The van der Waals surface area contributed by atoms with Crippen LogP contribution in [0.4, 0.5) is 9.80 Å². The molecule has 3 heterocycles. The lowest BCUT2D eigenvalue weighted by Gasteiger charge is -2.30. The Morgan fingerprint density at radius 2 is 2.00 bits per heavy atom. The molecule has 0 saturated carbocycles. The second kappa shape index (κ2) is 9.47. The molecule has 1 saturated heterocycles.